The average molecular weight is 740 g/mol. The molecule has 0 spiro atoms. The molecule has 0 aromatic heterocycles. The largest absolute Gasteiger partial charge is 0.507 e. The van der Waals surface area contributed by atoms with E-state index in [9.17, 15) is 18.9 Å². The second kappa shape index (κ2) is 19.6. The second-order valence-electron chi connectivity index (χ2n) is 14.0. The number of methoxy groups -OCH3 is 2. The Balaban J connectivity index is 1.64. The molecule has 3 aromatic carbocycles. The zero-order chi connectivity index (χ0) is 38.5. The number of benzene rings is 3. The SMILES string of the molecule is CCC(C)(C)c1ccc(OCCCNC(=O)c2ccccc2OS(=O)Nc2cc(C)c(O)c(C(=O)N(CCOC)CCOC)c2)c(C(C)(C)CC)c1. The first-order chi connectivity index (χ1) is 24.7. The van der Waals surface area contributed by atoms with Gasteiger partial charge in [0.15, 0.2) is 5.75 Å². The van der Waals surface area contributed by atoms with Gasteiger partial charge in [-0.1, -0.05) is 65.8 Å². The lowest BCUT2D eigenvalue weighted by Crippen LogP contribution is -2.36. The Hall–Kier alpha value is -4.13. The number of phenolic OH excluding ortho intramolecular Hbond substituents is 1. The van der Waals surface area contributed by atoms with Gasteiger partial charge >= 0.3 is 11.3 Å². The van der Waals surface area contributed by atoms with Gasteiger partial charge in [-0.3, -0.25) is 14.3 Å². The first-order valence-corrected chi connectivity index (χ1v) is 18.9. The predicted molar refractivity (Wildman–Crippen MR) is 207 cm³/mol. The fourth-order valence-electron chi connectivity index (χ4n) is 5.37. The van der Waals surface area contributed by atoms with E-state index in [1.807, 2.05) is 0 Å². The molecular weight excluding hydrogens is 683 g/mol. The highest BCUT2D eigenvalue weighted by Crippen LogP contribution is 2.38. The molecule has 1 unspecified atom stereocenters. The number of ether oxygens (including phenoxy) is 3. The van der Waals surface area contributed by atoms with Gasteiger partial charge in [0.05, 0.1) is 36.6 Å². The lowest BCUT2D eigenvalue weighted by Gasteiger charge is -2.30. The van der Waals surface area contributed by atoms with Gasteiger partial charge < -0.3 is 33.7 Å². The third-order valence-corrected chi connectivity index (χ3v) is 10.3. The van der Waals surface area contributed by atoms with Crippen molar-refractivity contribution < 1.29 is 37.3 Å². The zero-order valence-corrected chi connectivity index (χ0v) is 33.0. The summed E-state index contributed by atoms with van der Waals surface area (Å²) in [5.41, 5.74) is 3.40. The fraction of sp³-hybridized carbons (Fsp3) is 0.500. The van der Waals surface area contributed by atoms with E-state index >= 15 is 0 Å². The minimum absolute atomic E-state index is 0.0261. The Morgan fingerprint density at radius 3 is 2.13 bits per heavy atom. The molecule has 0 aliphatic carbocycles. The molecule has 0 heterocycles. The number of phenols is 1. The smallest absolute Gasteiger partial charge is 0.316 e. The van der Waals surface area contributed by atoms with Crippen LogP contribution < -0.4 is 19.0 Å². The highest BCUT2D eigenvalue weighted by Gasteiger charge is 2.27. The van der Waals surface area contributed by atoms with Crippen molar-refractivity contribution in [1.29, 1.82) is 0 Å². The Morgan fingerprint density at radius 1 is 0.846 bits per heavy atom. The van der Waals surface area contributed by atoms with E-state index in [-0.39, 0.29) is 45.1 Å². The fourth-order valence-corrected chi connectivity index (χ4v) is 6.03. The van der Waals surface area contributed by atoms with Crippen molar-refractivity contribution in [2.75, 3.05) is 58.4 Å². The summed E-state index contributed by atoms with van der Waals surface area (Å²) in [4.78, 5) is 28.1. The van der Waals surface area contributed by atoms with Crippen LogP contribution in [0.4, 0.5) is 5.69 Å². The molecule has 0 aliphatic heterocycles. The van der Waals surface area contributed by atoms with Gasteiger partial charge in [-0.2, -0.15) is 4.21 Å². The summed E-state index contributed by atoms with van der Waals surface area (Å²) in [6.45, 7) is 17.0. The van der Waals surface area contributed by atoms with Crippen LogP contribution in [0, 0.1) is 6.92 Å². The second-order valence-corrected chi connectivity index (χ2v) is 14.9. The van der Waals surface area contributed by atoms with Crippen LogP contribution in [0.2, 0.25) is 0 Å². The predicted octanol–water partition coefficient (Wildman–Crippen LogP) is 7.08. The van der Waals surface area contributed by atoms with Gasteiger partial charge in [-0.15, -0.1) is 0 Å². The summed E-state index contributed by atoms with van der Waals surface area (Å²) in [5, 5.41) is 13.6. The number of hydrogen-bond acceptors (Lipinski definition) is 8. The van der Waals surface area contributed by atoms with E-state index in [0.29, 0.717) is 51.4 Å². The quantitative estimate of drug-likeness (QED) is 0.0780. The van der Waals surface area contributed by atoms with Gasteiger partial charge in [0.25, 0.3) is 11.8 Å². The van der Waals surface area contributed by atoms with Gasteiger partial charge in [-0.25, -0.2) is 0 Å². The summed E-state index contributed by atoms with van der Waals surface area (Å²) in [6, 6.07) is 16.0. The van der Waals surface area contributed by atoms with Crippen molar-refractivity contribution in [2.45, 2.75) is 78.6 Å². The summed E-state index contributed by atoms with van der Waals surface area (Å²) in [6.07, 6.45) is 2.58. The van der Waals surface area contributed by atoms with Crippen LogP contribution >= 0.6 is 0 Å². The third-order valence-electron chi connectivity index (χ3n) is 9.57. The average Bonchev–Trinajstić information content (AvgIpc) is 3.12. The molecule has 12 heteroatoms. The van der Waals surface area contributed by atoms with Gasteiger partial charge in [0, 0.05) is 39.4 Å². The van der Waals surface area contributed by atoms with E-state index in [1.54, 1.807) is 37.3 Å². The molecule has 52 heavy (non-hydrogen) atoms. The minimum atomic E-state index is -2.15. The maximum Gasteiger partial charge on any atom is 0.316 e. The van der Waals surface area contributed by atoms with E-state index in [2.05, 4.69) is 69.8 Å². The maximum atomic E-state index is 13.4. The molecular formula is C40H57N3O8S. The molecule has 3 rings (SSSR count). The number of para-hydroxylation sites is 1. The van der Waals surface area contributed by atoms with E-state index < -0.39 is 17.2 Å². The van der Waals surface area contributed by atoms with Crippen LogP contribution in [-0.4, -0.2) is 79.7 Å². The number of hydrogen-bond donors (Lipinski definition) is 3. The molecule has 11 nitrogen and oxygen atoms in total. The van der Waals surface area contributed by atoms with Gasteiger partial charge in [0.1, 0.15) is 11.5 Å². The standard InChI is InChI=1S/C40H57N3O8S/c1-10-39(4,5)29-17-18-35(33(26-29)40(6,7)11-2)50-22-14-19-41-37(45)31-15-12-13-16-34(31)51-52(47)42-30-25-28(3)36(44)32(27-30)38(46)43(20-23-48-8)21-24-49-9/h12-13,15-18,25-27,42,44H,10-11,14,19-24H2,1-9H3,(H,41,45). The molecule has 0 radical (unpaired) electrons. The number of anilines is 1. The Labute approximate surface area is 312 Å². The minimum Gasteiger partial charge on any atom is -0.507 e. The summed E-state index contributed by atoms with van der Waals surface area (Å²) < 4.78 is 38.0. The first-order valence-electron chi connectivity index (χ1n) is 17.8. The van der Waals surface area contributed by atoms with Crippen molar-refractivity contribution in [3.63, 3.8) is 0 Å². The monoisotopic (exact) mass is 739 g/mol. The van der Waals surface area contributed by atoms with Crippen LogP contribution in [-0.2, 0) is 31.6 Å². The Morgan fingerprint density at radius 2 is 1.50 bits per heavy atom. The Kier molecular flexibility index (Phi) is 16.0. The Bertz CT molecular complexity index is 1670. The molecule has 0 saturated heterocycles. The number of aryl methyl sites for hydroxylation is 1. The molecule has 1 atom stereocenters. The topological polar surface area (TPSA) is 136 Å². The molecule has 2 amide bonds. The molecule has 0 fully saturated rings. The number of aromatic hydroxyl groups is 1. The van der Waals surface area contributed by atoms with Crippen molar-refractivity contribution in [1.82, 2.24) is 10.2 Å². The molecule has 0 saturated carbocycles. The number of carbonyl (C=O) groups is 2. The van der Waals surface area contributed by atoms with Crippen molar-refractivity contribution in [2.24, 2.45) is 0 Å². The zero-order valence-electron chi connectivity index (χ0n) is 32.2. The van der Waals surface area contributed by atoms with Crippen molar-refractivity contribution >= 4 is 28.8 Å². The highest BCUT2D eigenvalue weighted by atomic mass is 32.2. The van der Waals surface area contributed by atoms with Crippen molar-refractivity contribution in [3.05, 3.63) is 82.4 Å². The van der Waals surface area contributed by atoms with Crippen LogP contribution in [0.3, 0.4) is 0 Å². The molecule has 3 N–H and O–H groups in total. The van der Waals surface area contributed by atoms with Crippen LogP contribution in [0.25, 0.3) is 0 Å². The normalized spacial score (nSPS) is 12.2. The van der Waals surface area contributed by atoms with E-state index in [4.69, 9.17) is 18.4 Å². The van der Waals surface area contributed by atoms with Crippen LogP contribution in [0.1, 0.15) is 98.2 Å². The van der Waals surface area contributed by atoms with E-state index in [1.165, 1.54) is 36.3 Å². The summed E-state index contributed by atoms with van der Waals surface area (Å²) in [7, 11) is 3.08. The van der Waals surface area contributed by atoms with Gasteiger partial charge in [-0.05, 0) is 78.5 Å². The van der Waals surface area contributed by atoms with Gasteiger partial charge in [0.2, 0.25) is 0 Å². The number of rotatable bonds is 21. The lowest BCUT2D eigenvalue weighted by atomic mass is 9.76. The molecule has 0 aliphatic rings. The first kappa shape index (κ1) is 42.3. The molecule has 3 aromatic rings. The molecule has 0 bridgehead atoms. The molecule has 286 valence electrons. The summed E-state index contributed by atoms with van der Waals surface area (Å²) >= 11 is -2.15. The number of amides is 2. The van der Waals surface area contributed by atoms with Crippen molar-refractivity contribution in [3.8, 4) is 17.2 Å². The number of nitrogens with one attached hydrogen (secondary N) is 2. The highest BCUT2D eigenvalue weighted by molar-refractivity contribution is 7.82. The lowest BCUT2D eigenvalue weighted by molar-refractivity contribution is 0.0624. The summed E-state index contributed by atoms with van der Waals surface area (Å²) in [5.74, 6) is -0.0319. The van der Waals surface area contributed by atoms with Crippen LogP contribution in [0.5, 0.6) is 17.2 Å². The third kappa shape index (κ3) is 11.4. The maximum absolute atomic E-state index is 13.4. The van der Waals surface area contributed by atoms with E-state index in [0.717, 1.165) is 18.6 Å². The van der Waals surface area contributed by atoms with Crippen LogP contribution in [0.15, 0.2) is 54.6 Å². The number of carbonyl (C=O) groups excluding carboxylic acids is 2. The number of nitrogens with zero attached hydrogens (tertiary/aromatic N) is 1.